The molecule has 0 aromatic heterocycles. The van der Waals surface area contributed by atoms with Gasteiger partial charge in [0.05, 0.1) is 0 Å². The number of carbonyl (C=O) groups is 1. The summed E-state index contributed by atoms with van der Waals surface area (Å²) in [6, 6.07) is 8.23. The highest BCUT2D eigenvalue weighted by molar-refractivity contribution is 6.30. The Kier molecular flexibility index (Phi) is 6.61. The summed E-state index contributed by atoms with van der Waals surface area (Å²) in [5.74, 6) is 0.430. The number of hydrogen-bond donors (Lipinski definition) is 2. The number of nitrogens with two attached hydrogens (primary N) is 1. The third kappa shape index (κ3) is 5.27. The minimum atomic E-state index is 0.0363. The number of nitrogens with zero attached hydrogens (tertiary/aromatic N) is 3. The van der Waals surface area contributed by atoms with Gasteiger partial charge >= 0.3 is 0 Å². The number of hydrogen-bond acceptors (Lipinski definition) is 3. The quantitative estimate of drug-likeness (QED) is 0.623. The van der Waals surface area contributed by atoms with E-state index in [0.717, 1.165) is 36.6 Å². The summed E-state index contributed by atoms with van der Waals surface area (Å²) >= 11 is 5.94. The van der Waals surface area contributed by atoms with Crippen LogP contribution in [0.4, 0.5) is 5.69 Å². The van der Waals surface area contributed by atoms with Crippen molar-refractivity contribution in [1.82, 2.24) is 10.2 Å². The van der Waals surface area contributed by atoms with Gasteiger partial charge in [-0.25, -0.2) is 4.99 Å². The van der Waals surface area contributed by atoms with Gasteiger partial charge in [0.25, 0.3) is 0 Å². The second-order valence-corrected chi connectivity index (χ2v) is 7.46. The fourth-order valence-corrected chi connectivity index (χ4v) is 3.75. The van der Waals surface area contributed by atoms with Crippen LogP contribution in [0.1, 0.15) is 32.1 Å². The second kappa shape index (κ2) is 9.12. The van der Waals surface area contributed by atoms with Crippen molar-refractivity contribution < 1.29 is 4.79 Å². The van der Waals surface area contributed by atoms with Gasteiger partial charge in [0.15, 0.2) is 5.96 Å². The number of guanidine groups is 1. The molecule has 0 atom stereocenters. The van der Waals surface area contributed by atoms with Crippen molar-refractivity contribution in [2.24, 2.45) is 10.7 Å². The lowest BCUT2D eigenvalue weighted by Crippen LogP contribution is -2.49. The van der Waals surface area contributed by atoms with Crippen molar-refractivity contribution in [3.63, 3.8) is 0 Å². The zero-order chi connectivity index (χ0) is 18.4. The lowest BCUT2D eigenvalue weighted by molar-refractivity contribution is -0.129. The minimum Gasteiger partial charge on any atom is -0.370 e. The van der Waals surface area contributed by atoms with Gasteiger partial charge in [0, 0.05) is 42.9 Å². The van der Waals surface area contributed by atoms with Crippen LogP contribution in [0, 0.1) is 0 Å². The lowest BCUT2D eigenvalue weighted by Gasteiger charge is -2.36. The number of piperazine rings is 1. The zero-order valence-electron chi connectivity index (χ0n) is 15.2. The van der Waals surface area contributed by atoms with Crippen LogP contribution in [0.25, 0.3) is 0 Å². The first-order valence-corrected chi connectivity index (χ1v) is 9.84. The molecule has 0 unspecified atom stereocenters. The molecule has 6 nitrogen and oxygen atoms in total. The SMILES string of the molecule is NC(=NCC(=O)N1CCN(c2ccc(Cl)cc2)CC1)NC1CCCCC1. The van der Waals surface area contributed by atoms with Crippen LogP contribution < -0.4 is 16.0 Å². The number of benzene rings is 1. The molecule has 26 heavy (non-hydrogen) atoms. The summed E-state index contributed by atoms with van der Waals surface area (Å²) in [7, 11) is 0. The normalized spacial score (nSPS) is 19.5. The van der Waals surface area contributed by atoms with Crippen LogP contribution in [0.2, 0.25) is 5.02 Å². The molecule has 0 radical (unpaired) electrons. The molecule has 1 amide bonds. The average molecular weight is 378 g/mol. The van der Waals surface area contributed by atoms with E-state index in [0.29, 0.717) is 25.1 Å². The summed E-state index contributed by atoms with van der Waals surface area (Å²) in [4.78, 5) is 20.8. The Morgan fingerprint density at radius 2 is 1.77 bits per heavy atom. The molecule has 142 valence electrons. The standard InChI is InChI=1S/C19H28ClN5O/c20-15-6-8-17(9-7-15)24-10-12-25(13-11-24)18(26)14-22-19(21)23-16-4-2-1-3-5-16/h6-9,16H,1-5,10-14H2,(H3,21,22,23). The van der Waals surface area contributed by atoms with E-state index < -0.39 is 0 Å². The molecule has 1 saturated heterocycles. The Morgan fingerprint density at radius 1 is 1.12 bits per heavy atom. The smallest absolute Gasteiger partial charge is 0.244 e. The molecule has 1 aromatic rings. The highest BCUT2D eigenvalue weighted by atomic mass is 35.5. The van der Waals surface area contributed by atoms with Gasteiger partial charge in [0.1, 0.15) is 6.54 Å². The van der Waals surface area contributed by atoms with Gasteiger partial charge in [-0.3, -0.25) is 4.79 Å². The largest absolute Gasteiger partial charge is 0.370 e. The molecule has 0 spiro atoms. The van der Waals surface area contributed by atoms with Crippen LogP contribution >= 0.6 is 11.6 Å². The number of halogens is 1. The molecule has 3 N–H and O–H groups in total. The van der Waals surface area contributed by atoms with E-state index in [1.807, 2.05) is 29.2 Å². The van der Waals surface area contributed by atoms with Gasteiger partial charge < -0.3 is 20.9 Å². The Hall–Kier alpha value is -1.95. The van der Waals surface area contributed by atoms with E-state index in [4.69, 9.17) is 17.3 Å². The van der Waals surface area contributed by atoms with Crippen molar-refractivity contribution in [2.75, 3.05) is 37.6 Å². The highest BCUT2D eigenvalue weighted by Crippen LogP contribution is 2.19. The maximum atomic E-state index is 12.4. The minimum absolute atomic E-state index is 0.0363. The molecule has 1 saturated carbocycles. The molecule has 0 bridgehead atoms. The number of aliphatic imine (C=N–C) groups is 1. The third-order valence-corrected chi connectivity index (χ3v) is 5.42. The molecule has 7 heteroatoms. The monoisotopic (exact) mass is 377 g/mol. The zero-order valence-corrected chi connectivity index (χ0v) is 15.9. The topological polar surface area (TPSA) is 74.0 Å². The summed E-state index contributed by atoms with van der Waals surface area (Å²) in [5.41, 5.74) is 7.08. The van der Waals surface area contributed by atoms with Crippen molar-refractivity contribution in [3.8, 4) is 0 Å². The summed E-state index contributed by atoms with van der Waals surface area (Å²) in [6.45, 7) is 3.15. The van der Waals surface area contributed by atoms with Crippen molar-refractivity contribution in [1.29, 1.82) is 0 Å². The molecule has 1 aliphatic carbocycles. The van der Waals surface area contributed by atoms with Crippen LogP contribution in [0.5, 0.6) is 0 Å². The van der Waals surface area contributed by atoms with Gasteiger partial charge in [-0.2, -0.15) is 0 Å². The van der Waals surface area contributed by atoms with Crippen molar-refractivity contribution >= 4 is 29.2 Å². The van der Waals surface area contributed by atoms with Gasteiger partial charge in [-0.15, -0.1) is 0 Å². The third-order valence-electron chi connectivity index (χ3n) is 5.17. The summed E-state index contributed by atoms with van der Waals surface area (Å²) in [6.07, 6.45) is 6.05. The van der Waals surface area contributed by atoms with Crippen LogP contribution in [0.3, 0.4) is 0 Å². The first-order chi connectivity index (χ1) is 12.6. The number of rotatable bonds is 4. The maximum absolute atomic E-state index is 12.4. The first-order valence-electron chi connectivity index (χ1n) is 9.46. The fraction of sp³-hybridized carbons (Fsp3) is 0.579. The summed E-state index contributed by atoms with van der Waals surface area (Å²) in [5, 5.41) is 3.98. The molecule has 2 fully saturated rings. The van der Waals surface area contributed by atoms with E-state index >= 15 is 0 Å². The van der Waals surface area contributed by atoms with Crippen LogP contribution in [-0.4, -0.2) is 55.5 Å². The lowest BCUT2D eigenvalue weighted by atomic mass is 9.96. The van der Waals surface area contributed by atoms with Gasteiger partial charge in [0.2, 0.25) is 5.91 Å². The Morgan fingerprint density at radius 3 is 2.42 bits per heavy atom. The van der Waals surface area contributed by atoms with E-state index in [-0.39, 0.29) is 12.5 Å². The second-order valence-electron chi connectivity index (χ2n) is 7.02. The van der Waals surface area contributed by atoms with E-state index in [9.17, 15) is 4.79 Å². The molecule has 2 aliphatic rings. The predicted octanol–water partition coefficient (Wildman–Crippen LogP) is 2.23. The Labute approximate surface area is 160 Å². The molecule has 1 aliphatic heterocycles. The van der Waals surface area contributed by atoms with E-state index in [1.165, 1.54) is 19.3 Å². The molecule has 1 aromatic carbocycles. The van der Waals surface area contributed by atoms with Crippen LogP contribution in [-0.2, 0) is 4.79 Å². The summed E-state index contributed by atoms with van der Waals surface area (Å²) < 4.78 is 0. The van der Waals surface area contributed by atoms with Gasteiger partial charge in [-0.05, 0) is 37.1 Å². The van der Waals surface area contributed by atoms with Crippen molar-refractivity contribution in [2.45, 2.75) is 38.1 Å². The maximum Gasteiger partial charge on any atom is 0.244 e. The highest BCUT2D eigenvalue weighted by Gasteiger charge is 2.21. The number of carbonyl (C=O) groups excluding carboxylic acids is 1. The van der Waals surface area contributed by atoms with E-state index in [2.05, 4.69) is 15.2 Å². The number of anilines is 1. The molecular formula is C19H28ClN5O. The first kappa shape index (κ1) is 18.8. The fourth-order valence-electron chi connectivity index (χ4n) is 3.62. The Balaban J connectivity index is 1.43. The van der Waals surface area contributed by atoms with Crippen LogP contribution in [0.15, 0.2) is 29.3 Å². The molecule has 3 rings (SSSR count). The van der Waals surface area contributed by atoms with Crippen molar-refractivity contribution in [3.05, 3.63) is 29.3 Å². The number of nitrogens with one attached hydrogen (secondary N) is 1. The predicted molar refractivity (Wildman–Crippen MR) is 107 cm³/mol. The Bertz CT molecular complexity index is 619. The molecule has 1 heterocycles. The van der Waals surface area contributed by atoms with Gasteiger partial charge in [-0.1, -0.05) is 30.9 Å². The van der Waals surface area contributed by atoms with E-state index in [1.54, 1.807) is 0 Å². The average Bonchev–Trinajstić information content (AvgIpc) is 2.68. The molecular weight excluding hydrogens is 350 g/mol. The number of amides is 1.